The maximum absolute atomic E-state index is 9.83. The lowest BCUT2D eigenvalue weighted by atomic mass is 10.3. The van der Waals surface area contributed by atoms with Crippen molar-refractivity contribution in [3.8, 4) is 0 Å². The van der Waals surface area contributed by atoms with Crippen molar-refractivity contribution < 1.29 is 9.84 Å². The molecule has 2 N–H and O–H groups in total. The van der Waals surface area contributed by atoms with Crippen LogP contribution in [0.1, 0.15) is 4.88 Å². The summed E-state index contributed by atoms with van der Waals surface area (Å²) in [6.45, 7) is 1.17. The third kappa shape index (κ3) is 4.96. The standard InChI is InChI=1S/C14H15Cl2NO2S/c15-10-3-4-14(13(16)6-10)17-7-11(18)8-19-9-12-2-1-5-20-12/h1-6,11,17-18H,7-9H2. The molecule has 1 heterocycles. The molecule has 0 aliphatic heterocycles. The van der Waals surface area contributed by atoms with Crippen LogP contribution < -0.4 is 5.32 Å². The molecule has 108 valence electrons. The number of anilines is 1. The number of hydrogen-bond acceptors (Lipinski definition) is 4. The van der Waals surface area contributed by atoms with E-state index >= 15 is 0 Å². The maximum atomic E-state index is 9.83. The Hall–Kier alpha value is -0.780. The lowest BCUT2D eigenvalue weighted by molar-refractivity contribution is 0.0359. The van der Waals surface area contributed by atoms with Gasteiger partial charge in [0.2, 0.25) is 0 Å². The minimum absolute atomic E-state index is 0.274. The minimum Gasteiger partial charge on any atom is -0.389 e. The molecule has 1 atom stereocenters. The van der Waals surface area contributed by atoms with Crippen LogP contribution in [0, 0.1) is 0 Å². The quantitative estimate of drug-likeness (QED) is 0.804. The summed E-state index contributed by atoms with van der Waals surface area (Å²) in [5.74, 6) is 0. The summed E-state index contributed by atoms with van der Waals surface area (Å²) in [5, 5.41) is 16.0. The minimum atomic E-state index is -0.596. The highest BCUT2D eigenvalue weighted by molar-refractivity contribution is 7.09. The molecular formula is C14H15Cl2NO2S. The first kappa shape index (κ1) is 15.6. The lowest BCUT2D eigenvalue weighted by Gasteiger charge is -2.14. The zero-order valence-electron chi connectivity index (χ0n) is 10.7. The van der Waals surface area contributed by atoms with E-state index in [1.807, 2.05) is 17.5 Å². The zero-order chi connectivity index (χ0) is 14.4. The summed E-state index contributed by atoms with van der Waals surface area (Å²) >= 11 is 13.5. The molecule has 0 spiro atoms. The van der Waals surface area contributed by atoms with Gasteiger partial charge in [0, 0.05) is 16.4 Å². The number of benzene rings is 1. The third-order valence-corrected chi connectivity index (χ3v) is 3.99. The topological polar surface area (TPSA) is 41.5 Å². The smallest absolute Gasteiger partial charge is 0.0945 e. The molecule has 1 aromatic carbocycles. The summed E-state index contributed by atoms with van der Waals surface area (Å²) < 4.78 is 5.44. The van der Waals surface area contributed by atoms with Crippen LogP contribution in [0.25, 0.3) is 0 Å². The van der Waals surface area contributed by atoms with Crippen LogP contribution >= 0.6 is 34.5 Å². The van der Waals surface area contributed by atoms with Crippen molar-refractivity contribution in [3.63, 3.8) is 0 Å². The van der Waals surface area contributed by atoms with Crippen LogP contribution in [0.3, 0.4) is 0 Å². The van der Waals surface area contributed by atoms with E-state index in [1.165, 1.54) is 0 Å². The molecule has 2 rings (SSSR count). The predicted molar refractivity (Wildman–Crippen MR) is 84.9 cm³/mol. The van der Waals surface area contributed by atoms with E-state index in [0.29, 0.717) is 23.2 Å². The molecule has 0 aliphatic carbocycles. The number of hydrogen-bond donors (Lipinski definition) is 2. The molecule has 2 aromatic rings. The van der Waals surface area contributed by atoms with Crippen molar-refractivity contribution in [1.82, 2.24) is 0 Å². The van der Waals surface area contributed by atoms with E-state index in [1.54, 1.807) is 29.5 Å². The second-order valence-electron chi connectivity index (χ2n) is 4.25. The fourth-order valence-electron chi connectivity index (χ4n) is 1.61. The van der Waals surface area contributed by atoms with Gasteiger partial charge in [-0.2, -0.15) is 0 Å². The van der Waals surface area contributed by atoms with Gasteiger partial charge >= 0.3 is 0 Å². The third-order valence-electron chi connectivity index (χ3n) is 2.59. The molecular weight excluding hydrogens is 317 g/mol. The fourth-order valence-corrected chi connectivity index (χ4v) is 2.73. The van der Waals surface area contributed by atoms with Crippen LogP contribution in [0.4, 0.5) is 5.69 Å². The fraction of sp³-hybridized carbons (Fsp3) is 0.286. The monoisotopic (exact) mass is 331 g/mol. The Kier molecular flexibility index (Phi) is 6.13. The Morgan fingerprint density at radius 2 is 2.15 bits per heavy atom. The van der Waals surface area contributed by atoms with Gasteiger partial charge < -0.3 is 15.2 Å². The van der Waals surface area contributed by atoms with E-state index in [9.17, 15) is 5.11 Å². The molecule has 0 saturated carbocycles. The summed E-state index contributed by atoms with van der Waals surface area (Å²) in [6, 6.07) is 9.16. The average Bonchev–Trinajstić information content (AvgIpc) is 2.91. The van der Waals surface area contributed by atoms with Crippen LogP contribution in [0.5, 0.6) is 0 Å². The van der Waals surface area contributed by atoms with Gasteiger partial charge in [-0.05, 0) is 29.6 Å². The number of nitrogens with one attached hydrogen (secondary N) is 1. The SMILES string of the molecule is OC(CNc1ccc(Cl)cc1Cl)COCc1cccs1. The van der Waals surface area contributed by atoms with Gasteiger partial charge in [0.25, 0.3) is 0 Å². The van der Waals surface area contributed by atoms with E-state index in [2.05, 4.69) is 5.32 Å². The molecule has 0 radical (unpaired) electrons. The van der Waals surface area contributed by atoms with Gasteiger partial charge in [-0.25, -0.2) is 0 Å². The van der Waals surface area contributed by atoms with Gasteiger partial charge in [-0.1, -0.05) is 29.3 Å². The zero-order valence-corrected chi connectivity index (χ0v) is 13.0. The normalized spacial score (nSPS) is 12.3. The van der Waals surface area contributed by atoms with Gasteiger partial charge in [0.15, 0.2) is 0 Å². The number of rotatable bonds is 7. The van der Waals surface area contributed by atoms with Crippen LogP contribution in [-0.4, -0.2) is 24.4 Å². The molecule has 3 nitrogen and oxygen atoms in total. The van der Waals surface area contributed by atoms with Crippen molar-refractivity contribution in [3.05, 3.63) is 50.6 Å². The number of halogens is 2. The van der Waals surface area contributed by atoms with Crippen molar-refractivity contribution >= 4 is 40.2 Å². The number of thiophene rings is 1. The van der Waals surface area contributed by atoms with Gasteiger partial charge in [0.1, 0.15) is 0 Å². The molecule has 20 heavy (non-hydrogen) atoms. The molecule has 1 unspecified atom stereocenters. The van der Waals surface area contributed by atoms with E-state index < -0.39 is 6.10 Å². The lowest BCUT2D eigenvalue weighted by Crippen LogP contribution is -2.24. The Morgan fingerprint density at radius 3 is 2.85 bits per heavy atom. The highest BCUT2D eigenvalue weighted by atomic mass is 35.5. The van der Waals surface area contributed by atoms with Crippen molar-refractivity contribution in [2.24, 2.45) is 0 Å². The molecule has 6 heteroatoms. The highest BCUT2D eigenvalue weighted by Gasteiger charge is 2.07. The predicted octanol–water partition coefficient (Wildman–Crippen LogP) is 4.04. The second kappa shape index (κ2) is 7.86. The molecule has 0 fully saturated rings. The first-order chi connectivity index (χ1) is 9.65. The molecule has 0 aliphatic rings. The van der Waals surface area contributed by atoms with Gasteiger partial charge in [0.05, 0.1) is 30.0 Å². The van der Waals surface area contributed by atoms with Crippen LogP contribution in [-0.2, 0) is 11.3 Å². The van der Waals surface area contributed by atoms with Crippen molar-refractivity contribution in [1.29, 1.82) is 0 Å². The number of ether oxygens (including phenoxy) is 1. The van der Waals surface area contributed by atoms with Gasteiger partial charge in [-0.15, -0.1) is 11.3 Å². The summed E-state index contributed by atoms with van der Waals surface area (Å²) in [6.07, 6.45) is -0.596. The maximum Gasteiger partial charge on any atom is 0.0945 e. The Bertz CT molecular complexity index is 534. The average molecular weight is 332 g/mol. The molecule has 0 amide bonds. The van der Waals surface area contributed by atoms with Crippen LogP contribution in [0.2, 0.25) is 10.0 Å². The Morgan fingerprint density at radius 1 is 1.30 bits per heavy atom. The highest BCUT2D eigenvalue weighted by Crippen LogP contribution is 2.25. The van der Waals surface area contributed by atoms with Crippen molar-refractivity contribution in [2.45, 2.75) is 12.7 Å². The molecule has 0 saturated heterocycles. The Balaban J connectivity index is 1.70. The van der Waals surface area contributed by atoms with E-state index in [4.69, 9.17) is 27.9 Å². The Labute approximate surface area is 132 Å². The second-order valence-corrected chi connectivity index (χ2v) is 6.13. The summed E-state index contributed by atoms with van der Waals surface area (Å²) in [7, 11) is 0. The first-order valence-electron chi connectivity index (χ1n) is 6.12. The number of aliphatic hydroxyl groups excluding tert-OH is 1. The largest absolute Gasteiger partial charge is 0.389 e. The first-order valence-corrected chi connectivity index (χ1v) is 7.76. The molecule has 0 bridgehead atoms. The number of aliphatic hydroxyl groups is 1. The summed E-state index contributed by atoms with van der Waals surface area (Å²) in [5.41, 5.74) is 0.744. The molecule has 1 aromatic heterocycles. The summed E-state index contributed by atoms with van der Waals surface area (Å²) in [4.78, 5) is 1.14. The van der Waals surface area contributed by atoms with Crippen LogP contribution in [0.15, 0.2) is 35.7 Å². The van der Waals surface area contributed by atoms with E-state index in [-0.39, 0.29) is 6.61 Å². The van der Waals surface area contributed by atoms with Crippen molar-refractivity contribution in [2.75, 3.05) is 18.5 Å². The van der Waals surface area contributed by atoms with Gasteiger partial charge in [-0.3, -0.25) is 0 Å². The van der Waals surface area contributed by atoms with E-state index in [0.717, 1.165) is 10.6 Å².